The first kappa shape index (κ1) is 11.4. The molecule has 1 unspecified atom stereocenters. The summed E-state index contributed by atoms with van der Waals surface area (Å²) < 4.78 is 18.7. The summed E-state index contributed by atoms with van der Waals surface area (Å²) in [6, 6.07) is 5.05. The van der Waals surface area contributed by atoms with Crippen molar-refractivity contribution in [3.05, 3.63) is 29.6 Å². The van der Waals surface area contributed by atoms with Gasteiger partial charge in [-0.1, -0.05) is 6.07 Å². The van der Waals surface area contributed by atoms with Crippen molar-refractivity contribution in [1.82, 2.24) is 5.32 Å². The van der Waals surface area contributed by atoms with Crippen LogP contribution in [0.1, 0.15) is 18.4 Å². The van der Waals surface area contributed by atoms with Gasteiger partial charge in [-0.05, 0) is 44.4 Å². The predicted molar refractivity (Wildman–Crippen MR) is 62.2 cm³/mol. The van der Waals surface area contributed by atoms with E-state index in [1.807, 2.05) is 14.0 Å². The number of aryl methyl sites for hydroxylation is 1. The average molecular weight is 223 g/mol. The van der Waals surface area contributed by atoms with Gasteiger partial charge in [0.05, 0.1) is 0 Å². The molecule has 2 rings (SSSR count). The minimum atomic E-state index is -0.243. The molecule has 0 aliphatic heterocycles. The van der Waals surface area contributed by atoms with Crippen LogP contribution in [0.2, 0.25) is 0 Å². The quantitative estimate of drug-likeness (QED) is 0.828. The highest BCUT2D eigenvalue weighted by Gasteiger charge is 2.30. The third-order valence-corrected chi connectivity index (χ3v) is 3.13. The van der Waals surface area contributed by atoms with Crippen LogP contribution in [0, 0.1) is 18.7 Å². The summed E-state index contributed by atoms with van der Waals surface area (Å²) in [4.78, 5) is 0. The molecule has 0 amide bonds. The molecule has 3 heteroatoms. The van der Waals surface area contributed by atoms with Crippen LogP contribution in [-0.4, -0.2) is 19.7 Å². The normalized spacial score (nSPS) is 17.2. The van der Waals surface area contributed by atoms with Crippen molar-refractivity contribution in [3.8, 4) is 5.75 Å². The van der Waals surface area contributed by atoms with E-state index in [0.717, 1.165) is 11.5 Å². The third kappa shape index (κ3) is 2.73. The second kappa shape index (κ2) is 4.83. The fourth-order valence-electron chi connectivity index (χ4n) is 1.86. The highest BCUT2D eigenvalue weighted by Crippen LogP contribution is 2.33. The predicted octanol–water partition coefficient (Wildman–Crippen LogP) is 2.51. The van der Waals surface area contributed by atoms with Crippen LogP contribution in [0.3, 0.4) is 0 Å². The van der Waals surface area contributed by atoms with Crippen LogP contribution in [0.5, 0.6) is 5.75 Å². The van der Waals surface area contributed by atoms with Crippen molar-refractivity contribution in [1.29, 1.82) is 0 Å². The van der Waals surface area contributed by atoms with E-state index in [1.54, 1.807) is 6.07 Å². The zero-order valence-corrected chi connectivity index (χ0v) is 9.79. The first-order chi connectivity index (χ1) is 7.70. The Morgan fingerprint density at radius 3 is 2.88 bits per heavy atom. The monoisotopic (exact) mass is 223 g/mol. The van der Waals surface area contributed by atoms with Gasteiger partial charge < -0.3 is 10.1 Å². The lowest BCUT2D eigenvalue weighted by Crippen LogP contribution is -2.33. The Morgan fingerprint density at radius 1 is 1.50 bits per heavy atom. The number of rotatable bonds is 5. The van der Waals surface area contributed by atoms with Crippen molar-refractivity contribution >= 4 is 0 Å². The van der Waals surface area contributed by atoms with Crippen molar-refractivity contribution in [2.45, 2.75) is 25.8 Å². The molecule has 1 aliphatic carbocycles. The second-order valence-corrected chi connectivity index (χ2v) is 4.45. The van der Waals surface area contributed by atoms with E-state index in [2.05, 4.69) is 5.32 Å². The Balaban J connectivity index is 1.95. The summed E-state index contributed by atoms with van der Waals surface area (Å²) in [5.41, 5.74) is 0.979. The van der Waals surface area contributed by atoms with Crippen LogP contribution in [0.25, 0.3) is 0 Å². The van der Waals surface area contributed by atoms with Crippen molar-refractivity contribution < 1.29 is 9.13 Å². The molecule has 88 valence electrons. The van der Waals surface area contributed by atoms with Gasteiger partial charge in [-0.15, -0.1) is 0 Å². The Kier molecular flexibility index (Phi) is 3.44. The number of likely N-dealkylation sites (N-methyl/N-ethyl adjacent to an activating group) is 1. The molecule has 1 aromatic carbocycles. The zero-order valence-electron chi connectivity index (χ0n) is 9.79. The maximum atomic E-state index is 13.0. The number of hydrogen-bond donors (Lipinski definition) is 1. The maximum absolute atomic E-state index is 13.0. The summed E-state index contributed by atoms with van der Waals surface area (Å²) in [5, 5.41) is 3.25. The molecule has 1 atom stereocenters. The molecule has 2 nitrogen and oxygen atoms in total. The minimum absolute atomic E-state index is 0.243. The van der Waals surface area contributed by atoms with E-state index in [-0.39, 0.29) is 5.82 Å². The van der Waals surface area contributed by atoms with Crippen molar-refractivity contribution in [2.24, 2.45) is 5.92 Å². The molecule has 1 N–H and O–H groups in total. The van der Waals surface area contributed by atoms with Gasteiger partial charge in [0, 0.05) is 12.1 Å². The SMILES string of the molecule is CNC(COc1cc(F)ccc1C)C1CC1. The minimum Gasteiger partial charge on any atom is -0.492 e. The fourth-order valence-corrected chi connectivity index (χ4v) is 1.86. The molecule has 0 heterocycles. The third-order valence-electron chi connectivity index (χ3n) is 3.13. The molecule has 0 saturated heterocycles. The molecule has 0 radical (unpaired) electrons. The lowest BCUT2D eigenvalue weighted by atomic mass is 10.2. The van der Waals surface area contributed by atoms with Gasteiger partial charge in [0.1, 0.15) is 18.2 Å². The number of ether oxygens (including phenoxy) is 1. The molecule has 0 bridgehead atoms. The van der Waals surface area contributed by atoms with Gasteiger partial charge in [-0.2, -0.15) is 0 Å². The lowest BCUT2D eigenvalue weighted by molar-refractivity contribution is 0.254. The molecule has 1 saturated carbocycles. The van der Waals surface area contributed by atoms with Crippen molar-refractivity contribution in [2.75, 3.05) is 13.7 Å². The molecule has 1 fully saturated rings. The van der Waals surface area contributed by atoms with Gasteiger partial charge in [0.15, 0.2) is 0 Å². The Hall–Kier alpha value is -1.09. The van der Waals surface area contributed by atoms with Crippen LogP contribution < -0.4 is 10.1 Å². The average Bonchev–Trinajstić information content (AvgIpc) is 3.08. The highest BCUT2D eigenvalue weighted by atomic mass is 19.1. The number of halogens is 1. The van der Waals surface area contributed by atoms with Crippen LogP contribution >= 0.6 is 0 Å². The Labute approximate surface area is 95.8 Å². The lowest BCUT2D eigenvalue weighted by Gasteiger charge is -2.17. The molecule has 0 spiro atoms. The van der Waals surface area contributed by atoms with Gasteiger partial charge in [0.25, 0.3) is 0 Å². The Morgan fingerprint density at radius 2 is 2.25 bits per heavy atom. The maximum Gasteiger partial charge on any atom is 0.126 e. The molecular formula is C13H18FNO. The summed E-state index contributed by atoms with van der Waals surface area (Å²) in [6.45, 7) is 2.55. The zero-order chi connectivity index (χ0) is 11.5. The summed E-state index contributed by atoms with van der Waals surface area (Å²) in [6.07, 6.45) is 2.55. The topological polar surface area (TPSA) is 21.3 Å². The van der Waals surface area contributed by atoms with Gasteiger partial charge >= 0.3 is 0 Å². The summed E-state index contributed by atoms with van der Waals surface area (Å²) in [5.74, 6) is 1.15. The largest absolute Gasteiger partial charge is 0.492 e. The molecule has 1 aromatic rings. The molecule has 16 heavy (non-hydrogen) atoms. The fraction of sp³-hybridized carbons (Fsp3) is 0.538. The van der Waals surface area contributed by atoms with Crippen LogP contribution in [0.4, 0.5) is 4.39 Å². The highest BCUT2D eigenvalue weighted by molar-refractivity contribution is 5.32. The molecule has 1 aliphatic rings. The van der Waals surface area contributed by atoms with Gasteiger partial charge in [-0.25, -0.2) is 4.39 Å². The van der Waals surface area contributed by atoms with E-state index < -0.39 is 0 Å². The van der Waals surface area contributed by atoms with Gasteiger partial charge in [0.2, 0.25) is 0 Å². The molecular weight excluding hydrogens is 205 g/mol. The second-order valence-electron chi connectivity index (χ2n) is 4.45. The first-order valence-corrected chi connectivity index (χ1v) is 5.77. The number of hydrogen-bond acceptors (Lipinski definition) is 2. The first-order valence-electron chi connectivity index (χ1n) is 5.77. The summed E-state index contributed by atoms with van der Waals surface area (Å²) in [7, 11) is 1.95. The number of benzene rings is 1. The Bertz CT molecular complexity index is 363. The van der Waals surface area contributed by atoms with Crippen LogP contribution in [-0.2, 0) is 0 Å². The summed E-state index contributed by atoms with van der Waals surface area (Å²) >= 11 is 0. The van der Waals surface area contributed by atoms with E-state index in [1.165, 1.54) is 25.0 Å². The smallest absolute Gasteiger partial charge is 0.126 e. The number of nitrogens with one attached hydrogen (secondary N) is 1. The van der Waals surface area contributed by atoms with E-state index in [0.29, 0.717) is 18.4 Å². The van der Waals surface area contributed by atoms with Gasteiger partial charge in [-0.3, -0.25) is 0 Å². The van der Waals surface area contributed by atoms with E-state index >= 15 is 0 Å². The molecule has 0 aromatic heterocycles. The van der Waals surface area contributed by atoms with Crippen molar-refractivity contribution in [3.63, 3.8) is 0 Å². The van der Waals surface area contributed by atoms with Crippen LogP contribution in [0.15, 0.2) is 18.2 Å². The standard InChI is InChI=1S/C13H18FNO/c1-9-3-6-11(14)7-13(9)16-8-12(15-2)10-4-5-10/h3,6-7,10,12,15H,4-5,8H2,1-2H3. The van der Waals surface area contributed by atoms with E-state index in [9.17, 15) is 4.39 Å². The van der Waals surface area contributed by atoms with E-state index in [4.69, 9.17) is 4.74 Å².